The summed E-state index contributed by atoms with van der Waals surface area (Å²) in [6, 6.07) is 12.2. The van der Waals surface area contributed by atoms with E-state index in [-0.39, 0.29) is 23.7 Å². The van der Waals surface area contributed by atoms with E-state index in [1.165, 1.54) is 28.4 Å². The van der Waals surface area contributed by atoms with E-state index in [0.29, 0.717) is 30.0 Å². The van der Waals surface area contributed by atoms with Gasteiger partial charge in [-0.15, -0.1) is 11.3 Å². The quantitative estimate of drug-likeness (QED) is 0.336. The molecule has 1 amide bonds. The van der Waals surface area contributed by atoms with Crippen molar-refractivity contribution >= 4 is 34.5 Å². The van der Waals surface area contributed by atoms with Crippen LogP contribution in [0, 0.1) is 12.7 Å². The van der Waals surface area contributed by atoms with Gasteiger partial charge in [0.15, 0.2) is 0 Å². The van der Waals surface area contributed by atoms with Gasteiger partial charge in [-0.2, -0.15) is 0 Å². The minimum atomic E-state index is -0.741. The Balaban J connectivity index is 1.63. The first-order valence-corrected chi connectivity index (χ1v) is 11.8. The molecule has 3 heterocycles. The first kappa shape index (κ1) is 22.2. The van der Waals surface area contributed by atoms with Crippen molar-refractivity contribution in [2.45, 2.75) is 19.5 Å². The average molecular weight is 479 g/mol. The second-order valence-corrected chi connectivity index (χ2v) is 9.42. The first-order chi connectivity index (χ1) is 16.3. The van der Waals surface area contributed by atoms with Gasteiger partial charge in [0.1, 0.15) is 30.0 Å². The van der Waals surface area contributed by atoms with Gasteiger partial charge in [-0.25, -0.2) is 4.39 Å². The van der Waals surface area contributed by atoms with Gasteiger partial charge >= 0.3 is 0 Å². The Morgan fingerprint density at radius 1 is 1.18 bits per heavy atom. The number of thiophene rings is 1. The van der Waals surface area contributed by atoms with E-state index >= 15 is 0 Å². The highest BCUT2D eigenvalue weighted by Gasteiger charge is 2.47. The number of hydrogen-bond donors (Lipinski definition) is 1. The lowest BCUT2D eigenvalue weighted by Crippen LogP contribution is -2.29. The summed E-state index contributed by atoms with van der Waals surface area (Å²) in [7, 11) is 1.93. The third-order valence-corrected chi connectivity index (χ3v) is 7.36. The molecule has 6 nitrogen and oxygen atoms in total. The van der Waals surface area contributed by atoms with Crippen molar-refractivity contribution in [2.24, 2.45) is 0 Å². The molecule has 34 heavy (non-hydrogen) atoms. The summed E-state index contributed by atoms with van der Waals surface area (Å²) < 4.78 is 19.1. The average Bonchev–Trinajstić information content (AvgIpc) is 3.36. The number of rotatable bonds is 4. The summed E-state index contributed by atoms with van der Waals surface area (Å²) in [5.74, 6) is -1.33. The van der Waals surface area contributed by atoms with E-state index in [1.54, 1.807) is 30.3 Å². The highest BCUT2D eigenvalue weighted by molar-refractivity contribution is 7.10. The third-order valence-electron chi connectivity index (χ3n) is 6.28. The van der Waals surface area contributed by atoms with Crippen LogP contribution < -0.4 is 9.64 Å². The van der Waals surface area contributed by atoms with Crippen LogP contribution in [0.1, 0.15) is 27.6 Å². The van der Waals surface area contributed by atoms with Crippen LogP contribution in [-0.2, 0) is 16.1 Å². The number of carbonyl (C=O) groups excluding carboxylic acids is 2. The molecule has 2 aliphatic heterocycles. The van der Waals surface area contributed by atoms with E-state index in [4.69, 9.17) is 4.74 Å². The lowest BCUT2D eigenvalue weighted by Gasteiger charge is -2.28. The minimum absolute atomic E-state index is 0.0528. The van der Waals surface area contributed by atoms with Crippen LogP contribution in [0.2, 0.25) is 0 Å². The van der Waals surface area contributed by atoms with Crippen molar-refractivity contribution in [3.8, 4) is 5.75 Å². The second kappa shape index (κ2) is 8.61. The normalized spacial score (nSPS) is 19.3. The molecule has 0 aliphatic carbocycles. The molecule has 0 saturated carbocycles. The number of hydrogen-bond acceptors (Lipinski definition) is 6. The lowest BCUT2D eigenvalue weighted by atomic mass is 9.97. The molecule has 174 valence electrons. The molecular weight excluding hydrogens is 455 g/mol. The third kappa shape index (κ3) is 3.74. The zero-order valence-electron chi connectivity index (χ0n) is 18.7. The lowest BCUT2D eigenvalue weighted by molar-refractivity contribution is -0.140. The van der Waals surface area contributed by atoms with E-state index in [1.807, 2.05) is 30.3 Å². The number of carbonyl (C=O) groups is 2. The van der Waals surface area contributed by atoms with Crippen LogP contribution in [0.15, 0.2) is 59.5 Å². The number of likely N-dealkylation sites (N-methyl/N-ethyl adjacent to an activating group) is 1. The molecule has 0 bridgehead atoms. The Morgan fingerprint density at radius 3 is 2.65 bits per heavy atom. The number of Topliss-reactive ketones (excluding diaryl/α,β-unsaturated/α-hetero) is 1. The molecule has 1 saturated heterocycles. The molecule has 3 aromatic rings. The van der Waals surface area contributed by atoms with Crippen LogP contribution in [0.25, 0.3) is 5.76 Å². The SMILES string of the molecule is Cc1ccsc1C1/C(=C(/O)c2ccc3c(c2)N(C)CCO3)C(=O)C(=O)N1Cc1ccc(F)cc1. The zero-order valence-corrected chi connectivity index (χ0v) is 19.6. The number of fused-ring (bicyclic) bond motifs is 1. The number of aryl methyl sites for hydroxylation is 1. The van der Waals surface area contributed by atoms with Crippen LogP contribution in [0.3, 0.4) is 0 Å². The fourth-order valence-corrected chi connectivity index (χ4v) is 5.47. The Morgan fingerprint density at radius 2 is 1.94 bits per heavy atom. The number of benzene rings is 2. The molecule has 2 aromatic carbocycles. The molecule has 1 N–H and O–H groups in total. The number of likely N-dealkylation sites (tertiary alicyclic amines) is 1. The Bertz CT molecular complexity index is 1310. The highest BCUT2D eigenvalue weighted by atomic mass is 32.1. The molecule has 0 radical (unpaired) electrons. The summed E-state index contributed by atoms with van der Waals surface area (Å²) in [4.78, 5) is 30.7. The summed E-state index contributed by atoms with van der Waals surface area (Å²) in [5, 5.41) is 13.2. The molecule has 1 unspecified atom stereocenters. The molecular formula is C26H23FN2O4S. The Hall–Kier alpha value is -3.65. The number of anilines is 1. The minimum Gasteiger partial charge on any atom is -0.507 e. The number of amides is 1. The maximum absolute atomic E-state index is 13.4. The monoisotopic (exact) mass is 478 g/mol. The maximum Gasteiger partial charge on any atom is 0.295 e. The smallest absolute Gasteiger partial charge is 0.295 e. The molecule has 0 spiro atoms. The van der Waals surface area contributed by atoms with E-state index in [0.717, 1.165) is 16.1 Å². The number of ketones is 1. The van der Waals surface area contributed by atoms with Crippen LogP contribution in [-0.4, -0.2) is 41.9 Å². The van der Waals surface area contributed by atoms with Gasteiger partial charge < -0.3 is 19.6 Å². The molecule has 8 heteroatoms. The van der Waals surface area contributed by atoms with E-state index in [9.17, 15) is 19.1 Å². The molecule has 1 fully saturated rings. The standard InChI is InChI=1S/C26H23FN2O4S/c1-15-9-12-34-25(15)22-21(23(30)17-5-8-20-19(13-17)28(2)10-11-33-20)24(31)26(32)29(22)14-16-3-6-18(27)7-4-16/h3-9,12-13,22,30H,10-11,14H2,1-2H3/b23-21-. The van der Waals surface area contributed by atoms with Crippen molar-refractivity contribution in [3.05, 3.63) is 86.9 Å². The number of aliphatic hydroxyl groups is 1. The van der Waals surface area contributed by atoms with Gasteiger partial charge in [-0.3, -0.25) is 9.59 Å². The fourth-order valence-electron chi connectivity index (χ4n) is 4.42. The Labute approximate surface area is 200 Å². The molecule has 1 atom stereocenters. The maximum atomic E-state index is 13.4. The van der Waals surface area contributed by atoms with Crippen molar-refractivity contribution in [1.82, 2.24) is 4.90 Å². The van der Waals surface area contributed by atoms with Crippen molar-refractivity contribution in [1.29, 1.82) is 0 Å². The topological polar surface area (TPSA) is 70.1 Å². The van der Waals surface area contributed by atoms with Gasteiger partial charge in [-0.1, -0.05) is 12.1 Å². The first-order valence-electron chi connectivity index (χ1n) is 10.9. The fraction of sp³-hybridized carbons (Fsp3) is 0.231. The number of nitrogens with zero attached hydrogens (tertiary/aromatic N) is 2. The molecule has 5 rings (SSSR count). The van der Waals surface area contributed by atoms with Gasteiger partial charge in [0.25, 0.3) is 11.7 Å². The number of aliphatic hydroxyl groups excluding tert-OH is 1. The summed E-state index contributed by atoms with van der Waals surface area (Å²) in [6.45, 7) is 3.30. The predicted octanol–water partition coefficient (Wildman–Crippen LogP) is 4.65. The van der Waals surface area contributed by atoms with Crippen molar-refractivity contribution in [2.75, 3.05) is 25.1 Å². The number of halogens is 1. The van der Waals surface area contributed by atoms with Crippen molar-refractivity contribution < 1.29 is 23.8 Å². The van der Waals surface area contributed by atoms with Crippen LogP contribution in [0.4, 0.5) is 10.1 Å². The van der Waals surface area contributed by atoms with Gasteiger partial charge in [0, 0.05) is 24.0 Å². The molecule has 2 aliphatic rings. The van der Waals surface area contributed by atoms with Crippen LogP contribution >= 0.6 is 11.3 Å². The van der Waals surface area contributed by atoms with Gasteiger partial charge in [0.05, 0.1) is 17.8 Å². The second-order valence-electron chi connectivity index (χ2n) is 8.47. The van der Waals surface area contributed by atoms with Crippen molar-refractivity contribution in [3.63, 3.8) is 0 Å². The van der Waals surface area contributed by atoms with Gasteiger partial charge in [0.2, 0.25) is 0 Å². The largest absolute Gasteiger partial charge is 0.507 e. The van der Waals surface area contributed by atoms with Crippen LogP contribution in [0.5, 0.6) is 5.75 Å². The molecule has 1 aromatic heterocycles. The van der Waals surface area contributed by atoms with E-state index in [2.05, 4.69) is 0 Å². The van der Waals surface area contributed by atoms with E-state index < -0.39 is 17.7 Å². The summed E-state index contributed by atoms with van der Waals surface area (Å²) in [6.07, 6.45) is 0. The number of ether oxygens (including phenoxy) is 1. The zero-order chi connectivity index (χ0) is 24.0. The predicted molar refractivity (Wildman–Crippen MR) is 129 cm³/mol. The Kier molecular flexibility index (Phi) is 5.61. The highest BCUT2D eigenvalue weighted by Crippen LogP contribution is 2.44. The summed E-state index contributed by atoms with van der Waals surface area (Å²) in [5.41, 5.74) is 2.91. The van der Waals surface area contributed by atoms with Gasteiger partial charge in [-0.05, 0) is 59.8 Å². The summed E-state index contributed by atoms with van der Waals surface area (Å²) >= 11 is 1.43.